The Bertz CT molecular complexity index is 564. The van der Waals surface area contributed by atoms with Crippen molar-refractivity contribution in [2.24, 2.45) is 0 Å². The zero-order valence-electron chi connectivity index (χ0n) is 9.98. The minimum Gasteiger partial charge on any atom is -0.393 e. The van der Waals surface area contributed by atoms with E-state index in [2.05, 4.69) is 10.1 Å². The van der Waals surface area contributed by atoms with Gasteiger partial charge in [0.05, 0.1) is 17.2 Å². The van der Waals surface area contributed by atoms with Gasteiger partial charge in [0.15, 0.2) is 5.82 Å². The van der Waals surface area contributed by atoms with Crippen LogP contribution in [-0.2, 0) is 12.6 Å². The number of hydrogen-bond donors (Lipinski definition) is 1. The lowest BCUT2D eigenvalue weighted by molar-refractivity contribution is -0.137. The van der Waals surface area contributed by atoms with Gasteiger partial charge in [0.1, 0.15) is 0 Å². The van der Waals surface area contributed by atoms with Crippen molar-refractivity contribution in [1.82, 2.24) is 10.1 Å². The molecule has 4 nitrogen and oxygen atoms in total. The third-order valence-corrected chi connectivity index (χ3v) is 2.41. The maximum atomic E-state index is 12.8. The van der Waals surface area contributed by atoms with Crippen molar-refractivity contribution in [2.45, 2.75) is 25.6 Å². The van der Waals surface area contributed by atoms with Gasteiger partial charge in [0, 0.05) is 6.42 Å². The van der Waals surface area contributed by atoms with Crippen molar-refractivity contribution >= 4 is 0 Å². The molecule has 0 aliphatic carbocycles. The second kappa shape index (κ2) is 5.00. The van der Waals surface area contributed by atoms with E-state index in [-0.39, 0.29) is 23.7 Å². The van der Waals surface area contributed by atoms with Crippen LogP contribution in [0.1, 0.15) is 18.3 Å². The molecule has 7 heteroatoms. The Hall–Kier alpha value is -1.89. The third-order valence-electron chi connectivity index (χ3n) is 2.41. The summed E-state index contributed by atoms with van der Waals surface area (Å²) in [6, 6.07) is 4.97. The fraction of sp³-hybridized carbons (Fsp3) is 0.333. The topological polar surface area (TPSA) is 59.2 Å². The Kier molecular flexibility index (Phi) is 3.57. The quantitative estimate of drug-likeness (QED) is 0.933. The molecule has 0 saturated carbocycles. The van der Waals surface area contributed by atoms with Gasteiger partial charge in [0.2, 0.25) is 0 Å². The normalized spacial score (nSPS) is 13.5. The van der Waals surface area contributed by atoms with Crippen LogP contribution in [0.15, 0.2) is 28.8 Å². The van der Waals surface area contributed by atoms with Crippen LogP contribution >= 0.6 is 0 Å². The molecule has 0 aliphatic heterocycles. The summed E-state index contributed by atoms with van der Waals surface area (Å²) in [6.07, 6.45) is -5.06. The standard InChI is InChI=1S/C12H11F3N2O2/c1-7(18)6-10-16-11(19-17-10)8-4-2-3-5-9(8)12(13,14)15/h2-5,7,18H,6H2,1H3. The molecule has 19 heavy (non-hydrogen) atoms. The van der Waals surface area contributed by atoms with Gasteiger partial charge in [-0.3, -0.25) is 0 Å². The number of rotatable bonds is 3. The van der Waals surface area contributed by atoms with E-state index < -0.39 is 17.8 Å². The SMILES string of the molecule is CC(O)Cc1noc(-c2ccccc2C(F)(F)F)n1. The number of benzene rings is 1. The summed E-state index contributed by atoms with van der Waals surface area (Å²) >= 11 is 0. The van der Waals surface area contributed by atoms with E-state index in [0.717, 1.165) is 6.07 Å². The lowest BCUT2D eigenvalue weighted by Crippen LogP contribution is -2.07. The maximum Gasteiger partial charge on any atom is 0.417 e. The first-order chi connectivity index (χ1) is 8.88. The molecule has 0 spiro atoms. The van der Waals surface area contributed by atoms with Gasteiger partial charge in [-0.1, -0.05) is 17.3 Å². The smallest absolute Gasteiger partial charge is 0.393 e. The average molecular weight is 272 g/mol. The number of alkyl halides is 3. The van der Waals surface area contributed by atoms with Crippen molar-refractivity contribution in [2.75, 3.05) is 0 Å². The number of aromatic nitrogens is 2. The molecular weight excluding hydrogens is 261 g/mol. The van der Waals surface area contributed by atoms with Gasteiger partial charge in [-0.05, 0) is 19.1 Å². The van der Waals surface area contributed by atoms with Crippen molar-refractivity contribution in [3.8, 4) is 11.5 Å². The fourth-order valence-corrected chi connectivity index (χ4v) is 1.63. The molecule has 1 unspecified atom stereocenters. The van der Waals surface area contributed by atoms with Crippen LogP contribution in [0.4, 0.5) is 13.2 Å². The summed E-state index contributed by atoms with van der Waals surface area (Å²) in [6.45, 7) is 1.53. The molecule has 1 N–H and O–H groups in total. The Morgan fingerprint density at radius 1 is 1.32 bits per heavy atom. The van der Waals surface area contributed by atoms with Crippen LogP contribution in [0.5, 0.6) is 0 Å². The number of hydrogen-bond acceptors (Lipinski definition) is 4. The third kappa shape index (κ3) is 3.11. The molecular formula is C12H11F3N2O2. The molecule has 102 valence electrons. The highest BCUT2D eigenvalue weighted by molar-refractivity contribution is 5.59. The molecule has 1 aromatic heterocycles. The average Bonchev–Trinajstić information content (AvgIpc) is 2.75. The summed E-state index contributed by atoms with van der Waals surface area (Å²) in [5.41, 5.74) is -0.999. The van der Waals surface area contributed by atoms with E-state index in [9.17, 15) is 13.2 Å². The van der Waals surface area contributed by atoms with Gasteiger partial charge in [-0.25, -0.2) is 0 Å². The minimum atomic E-state index is -4.49. The predicted molar refractivity (Wildman–Crippen MR) is 60.1 cm³/mol. The minimum absolute atomic E-state index is 0.123. The molecule has 2 aromatic rings. The first-order valence-corrected chi connectivity index (χ1v) is 5.55. The highest BCUT2D eigenvalue weighted by Gasteiger charge is 2.34. The summed E-state index contributed by atoms with van der Waals surface area (Å²) in [7, 11) is 0. The van der Waals surface area contributed by atoms with Gasteiger partial charge in [-0.2, -0.15) is 18.2 Å². The van der Waals surface area contributed by atoms with Crippen molar-refractivity contribution in [3.63, 3.8) is 0 Å². The highest BCUT2D eigenvalue weighted by Crippen LogP contribution is 2.36. The van der Waals surface area contributed by atoms with Crippen LogP contribution in [0.2, 0.25) is 0 Å². The second-order valence-electron chi connectivity index (χ2n) is 4.11. The molecule has 1 aromatic carbocycles. The van der Waals surface area contributed by atoms with E-state index in [1.165, 1.54) is 25.1 Å². The lowest BCUT2D eigenvalue weighted by atomic mass is 10.1. The molecule has 2 rings (SSSR count). The van der Waals surface area contributed by atoms with Crippen molar-refractivity contribution < 1.29 is 22.8 Å². The largest absolute Gasteiger partial charge is 0.417 e. The monoisotopic (exact) mass is 272 g/mol. The number of halogens is 3. The zero-order valence-corrected chi connectivity index (χ0v) is 9.98. The van der Waals surface area contributed by atoms with Crippen LogP contribution in [-0.4, -0.2) is 21.4 Å². The van der Waals surface area contributed by atoms with E-state index in [4.69, 9.17) is 9.63 Å². The van der Waals surface area contributed by atoms with Crippen LogP contribution in [0.25, 0.3) is 11.5 Å². The summed E-state index contributed by atoms with van der Waals surface area (Å²) in [4.78, 5) is 3.86. The van der Waals surface area contributed by atoms with Crippen LogP contribution in [0.3, 0.4) is 0 Å². The molecule has 0 fully saturated rings. The molecule has 0 saturated heterocycles. The first-order valence-electron chi connectivity index (χ1n) is 5.55. The van der Waals surface area contributed by atoms with Gasteiger partial charge >= 0.3 is 6.18 Å². The van der Waals surface area contributed by atoms with Gasteiger partial charge < -0.3 is 9.63 Å². The summed E-state index contributed by atoms with van der Waals surface area (Å²) in [5, 5.41) is 12.7. The number of aliphatic hydroxyl groups excluding tert-OH is 1. The molecule has 0 radical (unpaired) electrons. The van der Waals surface area contributed by atoms with Crippen molar-refractivity contribution in [1.29, 1.82) is 0 Å². The molecule has 0 aliphatic rings. The number of aliphatic hydroxyl groups is 1. The Morgan fingerprint density at radius 2 is 2.00 bits per heavy atom. The van der Waals surface area contributed by atoms with Crippen LogP contribution < -0.4 is 0 Å². The van der Waals surface area contributed by atoms with E-state index in [1.807, 2.05) is 0 Å². The highest BCUT2D eigenvalue weighted by atomic mass is 19.4. The van der Waals surface area contributed by atoms with Gasteiger partial charge in [0.25, 0.3) is 5.89 Å². The fourth-order valence-electron chi connectivity index (χ4n) is 1.63. The molecule has 0 bridgehead atoms. The van der Waals surface area contributed by atoms with Crippen molar-refractivity contribution in [3.05, 3.63) is 35.7 Å². The molecule has 0 amide bonds. The lowest BCUT2D eigenvalue weighted by Gasteiger charge is -2.09. The van der Waals surface area contributed by atoms with Crippen LogP contribution in [0, 0.1) is 0 Å². The summed E-state index contributed by atoms with van der Waals surface area (Å²) < 4.78 is 43.3. The first kappa shape index (κ1) is 13.5. The van der Waals surface area contributed by atoms with E-state index >= 15 is 0 Å². The molecule has 1 atom stereocenters. The Labute approximate surface area is 106 Å². The Morgan fingerprint density at radius 3 is 2.63 bits per heavy atom. The zero-order chi connectivity index (χ0) is 14.0. The molecule has 1 heterocycles. The van der Waals surface area contributed by atoms with Gasteiger partial charge in [-0.15, -0.1) is 0 Å². The second-order valence-corrected chi connectivity index (χ2v) is 4.11. The van der Waals surface area contributed by atoms with E-state index in [0.29, 0.717) is 0 Å². The summed E-state index contributed by atoms with van der Waals surface area (Å²) in [5.74, 6) is -0.0365. The van der Waals surface area contributed by atoms with E-state index in [1.54, 1.807) is 0 Å². The number of nitrogens with zero attached hydrogens (tertiary/aromatic N) is 2. The predicted octanol–water partition coefficient (Wildman–Crippen LogP) is 2.68. The maximum absolute atomic E-state index is 12.8. The Balaban J connectivity index is 2.39.